The summed E-state index contributed by atoms with van der Waals surface area (Å²) < 4.78 is 0. The zero-order valence-corrected chi connectivity index (χ0v) is 13.2. The van der Waals surface area contributed by atoms with Crippen LogP contribution in [-0.4, -0.2) is 30.1 Å². The number of aldehydes is 2. The second kappa shape index (κ2) is 5.81. The lowest BCUT2D eigenvalue weighted by atomic mass is 9.61. The highest BCUT2D eigenvalue weighted by Crippen LogP contribution is 2.47. The van der Waals surface area contributed by atoms with Gasteiger partial charge in [0.15, 0.2) is 0 Å². The standard InChI is InChI=1S/C19H23NO2/c1-14-17-8-9-20(11-15-6-4-3-5-7-15)18(14)19(2,13-22)10-16(17)12-21/h3-7,10,12-14,17-18H,8-9,11H2,1-2H3/t14-,17-,18+,19-/m0/s1. The number of fused-ring (bicyclic) bond motifs is 2. The van der Waals surface area contributed by atoms with Crippen LogP contribution in [0.2, 0.25) is 0 Å². The zero-order valence-electron chi connectivity index (χ0n) is 13.2. The van der Waals surface area contributed by atoms with Crippen LogP contribution in [0.15, 0.2) is 42.0 Å². The Morgan fingerprint density at radius 2 is 2.00 bits per heavy atom. The van der Waals surface area contributed by atoms with E-state index < -0.39 is 5.41 Å². The van der Waals surface area contributed by atoms with Crippen molar-refractivity contribution in [1.29, 1.82) is 0 Å². The molecule has 0 amide bonds. The quantitative estimate of drug-likeness (QED) is 0.802. The van der Waals surface area contributed by atoms with Crippen molar-refractivity contribution < 1.29 is 9.59 Å². The van der Waals surface area contributed by atoms with Gasteiger partial charge in [-0.2, -0.15) is 0 Å². The number of carbonyl (C=O) groups excluding carboxylic acids is 2. The lowest BCUT2D eigenvalue weighted by molar-refractivity contribution is -0.121. The fraction of sp³-hybridized carbons (Fsp3) is 0.474. The largest absolute Gasteiger partial charge is 0.302 e. The fourth-order valence-corrected chi connectivity index (χ4v) is 4.46. The molecule has 22 heavy (non-hydrogen) atoms. The van der Waals surface area contributed by atoms with Crippen molar-refractivity contribution in [2.75, 3.05) is 6.54 Å². The number of nitrogens with zero attached hydrogens (tertiary/aromatic N) is 1. The van der Waals surface area contributed by atoms with Crippen molar-refractivity contribution in [3.63, 3.8) is 0 Å². The average molecular weight is 297 g/mol. The molecule has 1 fully saturated rings. The fourth-order valence-electron chi connectivity index (χ4n) is 4.46. The van der Waals surface area contributed by atoms with Crippen molar-refractivity contribution in [3.05, 3.63) is 47.5 Å². The summed E-state index contributed by atoms with van der Waals surface area (Å²) in [5.41, 5.74) is 1.51. The Morgan fingerprint density at radius 3 is 2.64 bits per heavy atom. The number of likely N-dealkylation sites (tertiary alicyclic amines) is 1. The first-order chi connectivity index (χ1) is 10.6. The molecule has 2 aliphatic rings. The molecular formula is C19H23NO2. The van der Waals surface area contributed by atoms with Crippen LogP contribution in [0.5, 0.6) is 0 Å². The Balaban J connectivity index is 1.94. The highest BCUT2D eigenvalue weighted by molar-refractivity contribution is 5.78. The maximum Gasteiger partial charge on any atom is 0.146 e. The average Bonchev–Trinajstić information content (AvgIpc) is 2.53. The van der Waals surface area contributed by atoms with E-state index in [4.69, 9.17) is 0 Å². The van der Waals surface area contributed by atoms with E-state index in [1.165, 1.54) is 5.56 Å². The SMILES string of the molecule is C[C@H]1[C@@H]2CCN(Cc3ccccc3)[C@H]1[C@](C)(C=O)C=C2C=O. The van der Waals surface area contributed by atoms with E-state index in [1.807, 2.05) is 19.1 Å². The van der Waals surface area contributed by atoms with Gasteiger partial charge in [-0.25, -0.2) is 0 Å². The van der Waals surface area contributed by atoms with Gasteiger partial charge in [0.25, 0.3) is 0 Å². The molecule has 3 heteroatoms. The maximum absolute atomic E-state index is 11.8. The van der Waals surface area contributed by atoms with E-state index in [9.17, 15) is 9.59 Å². The van der Waals surface area contributed by atoms with E-state index in [0.29, 0.717) is 11.8 Å². The lowest BCUT2D eigenvalue weighted by Crippen LogP contribution is -2.58. The van der Waals surface area contributed by atoms with Crippen molar-refractivity contribution in [3.8, 4) is 0 Å². The van der Waals surface area contributed by atoms with Crippen LogP contribution in [0.4, 0.5) is 0 Å². The van der Waals surface area contributed by atoms with Gasteiger partial charge in [-0.05, 0) is 42.9 Å². The smallest absolute Gasteiger partial charge is 0.146 e. The number of rotatable bonds is 4. The summed E-state index contributed by atoms with van der Waals surface area (Å²) in [5.74, 6) is 0.611. The summed E-state index contributed by atoms with van der Waals surface area (Å²) in [7, 11) is 0. The summed E-state index contributed by atoms with van der Waals surface area (Å²) in [6.45, 7) is 5.94. The molecule has 1 aliphatic heterocycles. The van der Waals surface area contributed by atoms with Crippen LogP contribution in [0.25, 0.3) is 0 Å². The predicted molar refractivity (Wildman–Crippen MR) is 86.2 cm³/mol. The second-order valence-corrected chi connectivity index (χ2v) is 6.90. The number of piperidine rings is 1. The first-order valence-corrected chi connectivity index (χ1v) is 8.01. The normalized spacial score (nSPS) is 34.8. The molecule has 1 heterocycles. The predicted octanol–water partition coefficient (Wildman–Crippen LogP) is 2.86. The third kappa shape index (κ3) is 2.44. The van der Waals surface area contributed by atoms with Crippen molar-refractivity contribution in [2.24, 2.45) is 17.3 Å². The molecule has 1 aromatic rings. The first kappa shape index (κ1) is 15.2. The Bertz CT molecular complexity index is 595. The molecule has 0 N–H and O–H groups in total. The Morgan fingerprint density at radius 1 is 1.27 bits per heavy atom. The van der Waals surface area contributed by atoms with Crippen molar-refractivity contribution in [1.82, 2.24) is 4.90 Å². The highest BCUT2D eigenvalue weighted by Gasteiger charge is 2.49. The summed E-state index contributed by atoms with van der Waals surface area (Å²) in [6, 6.07) is 10.5. The number of hydrogen-bond donors (Lipinski definition) is 0. The molecule has 0 aromatic heterocycles. The Hall–Kier alpha value is -1.74. The van der Waals surface area contributed by atoms with Gasteiger partial charge in [0.1, 0.15) is 12.6 Å². The van der Waals surface area contributed by atoms with Crippen molar-refractivity contribution >= 4 is 12.6 Å². The lowest BCUT2D eigenvalue weighted by Gasteiger charge is -2.53. The second-order valence-electron chi connectivity index (χ2n) is 6.90. The molecule has 1 saturated heterocycles. The third-order valence-corrected chi connectivity index (χ3v) is 5.42. The summed E-state index contributed by atoms with van der Waals surface area (Å²) >= 11 is 0. The van der Waals surface area contributed by atoms with Crippen LogP contribution in [-0.2, 0) is 16.1 Å². The van der Waals surface area contributed by atoms with E-state index in [-0.39, 0.29) is 6.04 Å². The van der Waals surface area contributed by atoms with Gasteiger partial charge < -0.3 is 4.79 Å². The molecular weight excluding hydrogens is 274 g/mol. The molecule has 2 bridgehead atoms. The van der Waals surface area contributed by atoms with E-state index in [2.05, 4.69) is 36.1 Å². The maximum atomic E-state index is 11.8. The molecule has 3 rings (SSSR count). The molecule has 1 aromatic carbocycles. The van der Waals surface area contributed by atoms with E-state index >= 15 is 0 Å². The monoisotopic (exact) mass is 297 g/mol. The van der Waals surface area contributed by atoms with Crippen LogP contribution in [0.3, 0.4) is 0 Å². The number of allylic oxidation sites excluding steroid dienone is 1. The molecule has 0 spiro atoms. The minimum atomic E-state index is -0.582. The minimum Gasteiger partial charge on any atom is -0.302 e. The Labute approximate surface area is 132 Å². The van der Waals surface area contributed by atoms with Crippen LogP contribution < -0.4 is 0 Å². The summed E-state index contributed by atoms with van der Waals surface area (Å²) in [5, 5.41) is 0. The van der Waals surface area contributed by atoms with Gasteiger partial charge in [0.2, 0.25) is 0 Å². The molecule has 4 atom stereocenters. The van der Waals surface area contributed by atoms with Gasteiger partial charge in [-0.15, -0.1) is 0 Å². The van der Waals surface area contributed by atoms with Crippen LogP contribution in [0.1, 0.15) is 25.8 Å². The first-order valence-electron chi connectivity index (χ1n) is 8.01. The zero-order chi connectivity index (χ0) is 15.7. The number of hydrogen-bond acceptors (Lipinski definition) is 3. The molecule has 0 radical (unpaired) electrons. The van der Waals surface area contributed by atoms with E-state index in [0.717, 1.165) is 37.7 Å². The minimum absolute atomic E-state index is 0.160. The molecule has 1 aliphatic carbocycles. The molecule has 0 saturated carbocycles. The van der Waals surface area contributed by atoms with Gasteiger partial charge in [0.05, 0.1) is 5.41 Å². The molecule has 3 nitrogen and oxygen atoms in total. The van der Waals surface area contributed by atoms with Crippen LogP contribution >= 0.6 is 0 Å². The number of benzene rings is 1. The van der Waals surface area contributed by atoms with Gasteiger partial charge in [0, 0.05) is 12.6 Å². The molecule has 116 valence electrons. The van der Waals surface area contributed by atoms with Crippen LogP contribution in [0, 0.1) is 17.3 Å². The number of carbonyl (C=O) groups is 2. The molecule has 0 unspecified atom stereocenters. The Kier molecular flexibility index (Phi) is 4.00. The van der Waals surface area contributed by atoms with Crippen molar-refractivity contribution in [2.45, 2.75) is 32.9 Å². The third-order valence-electron chi connectivity index (χ3n) is 5.42. The highest BCUT2D eigenvalue weighted by atomic mass is 16.1. The summed E-state index contributed by atoms with van der Waals surface area (Å²) in [6.07, 6.45) is 4.88. The van der Waals surface area contributed by atoms with Gasteiger partial charge >= 0.3 is 0 Å². The van der Waals surface area contributed by atoms with Gasteiger partial charge in [-0.3, -0.25) is 9.69 Å². The summed E-state index contributed by atoms with van der Waals surface area (Å²) in [4.78, 5) is 25.6. The van der Waals surface area contributed by atoms with E-state index in [1.54, 1.807) is 0 Å². The van der Waals surface area contributed by atoms with Gasteiger partial charge in [-0.1, -0.05) is 43.3 Å². The topological polar surface area (TPSA) is 37.4 Å².